The van der Waals surface area contributed by atoms with E-state index in [-0.39, 0.29) is 5.69 Å². The van der Waals surface area contributed by atoms with E-state index in [4.69, 9.17) is 4.74 Å². The number of benzene rings is 2. The van der Waals surface area contributed by atoms with Gasteiger partial charge in [0.1, 0.15) is 5.60 Å². The Morgan fingerprint density at radius 2 is 1.75 bits per heavy atom. The molecule has 0 N–H and O–H groups in total. The van der Waals surface area contributed by atoms with E-state index in [9.17, 15) is 10.1 Å². The second kappa shape index (κ2) is 6.21. The second-order valence-electron chi connectivity index (χ2n) is 4.56. The van der Waals surface area contributed by atoms with Gasteiger partial charge < -0.3 is 4.74 Å². The van der Waals surface area contributed by atoms with Crippen LogP contribution in [0.4, 0.5) is 5.69 Å². The Labute approximate surface area is 131 Å². The van der Waals surface area contributed by atoms with Crippen LogP contribution in [0.25, 0.3) is 0 Å². The summed E-state index contributed by atoms with van der Waals surface area (Å²) in [7, 11) is 0. The van der Waals surface area contributed by atoms with Gasteiger partial charge in [0.15, 0.2) is 5.75 Å². The molecule has 1 atom stereocenters. The second-order valence-corrected chi connectivity index (χ2v) is 5.32. The molecule has 0 aliphatic rings. The van der Waals surface area contributed by atoms with E-state index < -0.39 is 10.5 Å². The Balaban J connectivity index is 2.39. The molecule has 0 radical (unpaired) electrons. The molecule has 0 fully saturated rings. The summed E-state index contributed by atoms with van der Waals surface area (Å²) < 4.78 is 6.66. The zero-order chi connectivity index (χ0) is 14.6. The lowest BCUT2D eigenvalue weighted by atomic mass is 9.98. The monoisotopic (exact) mass is 383 g/mol. The van der Waals surface area contributed by atoms with Crippen molar-refractivity contribution in [1.29, 1.82) is 0 Å². The van der Waals surface area contributed by atoms with Crippen LogP contribution in [0, 0.1) is 10.1 Å². The zero-order valence-corrected chi connectivity index (χ0v) is 13.1. The highest BCUT2D eigenvalue weighted by atomic mass is 127. The van der Waals surface area contributed by atoms with Crippen molar-refractivity contribution < 1.29 is 9.66 Å². The smallest absolute Gasteiger partial charge is 0.310 e. The number of halogens is 1. The molecule has 4 nitrogen and oxygen atoms in total. The molecule has 0 saturated carbocycles. The van der Waals surface area contributed by atoms with Gasteiger partial charge in [0.2, 0.25) is 0 Å². The Kier molecular flexibility index (Phi) is 4.59. The van der Waals surface area contributed by atoms with Crippen LogP contribution in [-0.2, 0) is 5.60 Å². The van der Waals surface area contributed by atoms with Crippen molar-refractivity contribution in [3.8, 4) is 5.75 Å². The topological polar surface area (TPSA) is 52.4 Å². The molecule has 0 bridgehead atoms. The van der Waals surface area contributed by atoms with Crippen LogP contribution in [0.5, 0.6) is 5.75 Å². The molecule has 5 heteroatoms. The van der Waals surface area contributed by atoms with Gasteiger partial charge in [0.05, 0.1) is 4.92 Å². The molecular weight excluding hydrogens is 369 g/mol. The highest BCUT2D eigenvalue weighted by Crippen LogP contribution is 2.35. The first-order chi connectivity index (χ1) is 9.57. The predicted octanol–water partition coefficient (Wildman–Crippen LogP) is 4.32. The summed E-state index contributed by atoms with van der Waals surface area (Å²) in [5.74, 6) is 0.292. The Bertz CT molecular complexity index is 603. The van der Waals surface area contributed by atoms with Crippen LogP contribution < -0.4 is 4.74 Å². The third-order valence-corrected chi connectivity index (χ3v) is 4.49. The molecule has 2 aromatic carbocycles. The van der Waals surface area contributed by atoms with Crippen molar-refractivity contribution in [2.75, 3.05) is 4.43 Å². The molecule has 20 heavy (non-hydrogen) atoms. The van der Waals surface area contributed by atoms with Crippen LogP contribution >= 0.6 is 22.6 Å². The average Bonchev–Trinajstić information content (AvgIpc) is 2.48. The SMILES string of the molecule is C[C@@](CI)(Oc1ccccc1[N+](=O)[O-])c1ccccc1. The molecule has 104 valence electrons. The van der Waals surface area contributed by atoms with Crippen molar-refractivity contribution in [2.45, 2.75) is 12.5 Å². The van der Waals surface area contributed by atoms with Crippen LogP contribution in [0.2, 0.25) is 0 Å². The third kappa shape index (κ3) is 3.09. The third-order valence-electron chi connectivity index (χ3n) is 3.04. The summed E-state index contributed by atoms with van der Waals surface area (Å²) in [6.45, 7) is 1.94. The molecule has 0 aromatic heterocycles. The lowest BCUT2D eigenvalue weighted by Gasteiger charge is -2.29. The maximum atomic E-state index is 11.1. The van der Waals surface area contributed by atoms with Gasteiger partial charge in [-0.25, -0.2) is 0 Å². The minimum Gasteiger partial charge on any atom is -0.475 e. The van der Waals surface area contributed by atoms with Crippen molar-refractivity contribution in [1.82, 2.24) is 0 Å². The molecule has 2 aromatic rings. The molecule has 0 amide bonds. The molecule has 0 aliphatic carbocycles. The fourth-order valence-electron chi connectivity index (χ4n) is 1.89. The van der Waals surface area contributed by atoms with Gasteiger partial charge in [0, 0.05) is 10.5 Å². The lowest BCUT2D eigenvalue weighted by Crippen LogP contribution is -2.31. The fraction of sp³-hybridized carbons (Fsp3) is 0.200. The fourth-order valence-corrected chi connectivity index (χ4v) is 2.49. The molecule has 0 spiro atoms. The summed E-state index contributed by atoms with van der Waals surface area (Å²) in [6.07, 6.45) is 0. The van der Waals surface area contributed by atoms with Crippen molar-refractivity contribution in [2.24, 2.45) is 0 Å². The molecule has 0 unspecified atom stereocenters. The molecule has 2 rings (SSSR count). The van der Waals surface area contributed by atoms with E-state index in [2.05, 4.69) is 22.6 Å². The van der Waals surface area contributed by atoms with Gasteiger partial charge >= 0.3 is 5.69 Å². The van der Waals surface area contributed by atoms with Gasteiger partial charge in [-0.05, 0) is 18.6 Å². The Hall–Kier alpha value is -1.63. The summed E-state index contributed by atoms with van der Waals surface area (Å²) in [5, 5.41) is 11.1. The number of ether oxygens (including phenoxy) is 1. The number of nitrogens with zero attached hydrogens (tertiary/aromatic N) is 1. The normalized spacial score (nSPS) is 13.5. The van der Waals surface area contributed by atoms with Gasteiger partial charge in [-0.3, -0.25) is 10.1 Å². The number of hydrogen-bond acceptors (Lipinski definition) is 3. The number of rotatable bonds is 5. The maximum Gasteiger partial charge on any atom is 0.310 e. The predicted molar refractivity (Wildman–Crippen MR) is 86.4 cm³/mol. The van der Waals surface area contributed by atoms with Crippen LogP contribution in [0.3, 0.4) is 0 Å². The van der Waals surface area contributed by atoms with E-state index in [1.165, 1.54) is 6.07 Å². The zero-order valence-electron chi connectivity index (χ0n) is 11.0. The van der Waals surface area contributed by atoms with Crippen LogP contribution in [-0.4, -0.2) is 9.35 Å². The summed E-state index contributed by atoms with van der Waals surface area (Å²) in [6, 6.07) is 16.2. The number of nitro benzene ring substituents is 1. The van der Waals surface area contributed by atoms with Gasteiger partial charge in [-0.1, -0.05) is 65.1 Å². The molecule has 0 aliphatic heterocycles. The van der Waals surface area contributed by atoms with E-state index >= 15 is 0 Å². The first-order valence-corrected chi connectivity index (χ1v) is 7.63. The van der Waals surface area contributed by atoms with Gasteiger partial charge in [0.25, 0.3) is 0 Å². The minimum absolute atomic E-state index is 0.0143. The molecule has 0 saturated heterocycles. The van der Waals surface area contributed by atoms with Crippen molar-refractivity contribution in [3.63, 3.8) is 0 Å². The van der Waals surface area contributed by atoms with Crippen molar-refractivity contribution in [3.05, 3.63) is 70.3 Å². The number of alkyl halides is 1. The minimum atomic E-state index is -0.603. The quantitative estimate of drug-likeness (QED) is 0.334. The lowest BCUT2D eigenvalue weighted by molar-refractivity contribution is -0.386. The summed E-state index contributed by atoms with van der Waals surface area (Å²) >= 11 is 2.23. The van der Waals surface area contributed by atoms with E-state index in [0.29, 0.717) is 10.2 Å². The van der Waals surface area contributed by atoms with Crippen LogP contribution in [0.1, 0.15) is 12.5 Å². The first kappa shape index (κ1) is 14.8. The van der Waals surface area contributed by atoms with Gasteiger partial charge in [-0.2, -0.15) is 0 Å². The Morgan fingerprint density at radius 1 is 1.15 bits per heavy atom. The maximum absolute atomic E-state index is 11.1. The first-order valence-electron chi connectivity index (χ1n) is 6.11. The largest absolute Gasteiger partial charge is 0.475 e. The highest BCUT2D eigenvalue weighted by Gasteiger charge is 2.30. The molecular formula is C15H14INO3. The highest BCUT2D eigenvalue weighted by molar-refractivity contribution is 14.1. The van der Waals surface area contributed by atoms with Gasteiger partial charge in [-0.15, -0.1) is 0 Å². The molecule has 0 heterocycles. The van der Waals surface area contributed by atoms with Crippen LogP contribution in [0.15, 0.2) is 54.6 Å². The summed E-state index contributed by atoms with van der Waals surface area (Å²) in [4.78, 5) is 10.6. The van der Waals surface area contributed by atoms with E-state index in [0.717, 1.165) is 5.56 Å². The van der Waals surface area contributed by atoms with E-state index in [1.54, 1.807) is 18.2 Å². The average molecular weight is 383 g/mol. The summed E-state index contributed by atoms with van der Waals surface area (Å²) in [5.41, 5.74) is 0.376. The Morgan fingerprint density at radius 3 is 2.35 bits per heavy atom. The number of nitro groups is 1. The number of para-hydroxylation sites is 2. The number of hydrogen-bond donors (Lipinski definition) is 0. The standard InChI is InChI=1S/C15H14INO3/c1-15(11-16,12-7-3-2-4-8-12)20-14-10-6-5-9-13(14)17(18)19/h2-10H,11H2,1H3/t15-/m0/s1. The van der Waals surface area contributed by atoms with E-state index in [1.807, 2.05) is 37.3 Å². The van der Waals surface area contributed by atoms with Crippen molar-refractivity contribution >= 4 is 28.3 Å².